The minimum Gasteiger partial charge on any atom is -0.399 e. The highest BCUT2D eigenvalue weighted by atomic mass is 16.7. The fourth-order valence-corrected chi connectivity index (χ4v) is 5.67. The topological polar surface area (TPSA) is 18.5 Å². The van der Waals surface area contributed by atoms with E-state index in [0.717, 1.165) is 5.46 Å². The molecule has 0 saturated carbocycles. The predicted octanol–water partition coefficient (Wildman–Crippen LogP) is 7.63. The SMILES string of the molecule is CC1(C)c2ccccc2-c2c(-c3cccc(-c4ccc(B5OC(C)(C)C(C)(C)O5)cc4)c3)cccc21. The standard InChI is InChI=1S/C33H33BO2/c1-31(2)28-15-8-7-13-27(28)30-26(14-10-16-29(30)31)24-12-9-11-23(21-24)22-17-19-25(20-18-22)34-35-32(3,4)33(5,6)36-34/h7-21H,1-6H3. The van der Waals surface area contributed by atoms with Crippen LogP contribution < -0.4 is 5.46 Å². The summed E-state index contributed by atoms with van der Waals surface area (Å²) in [7, 11) is -0.342. The van der Waals surface area contributed by atoms with Gasteiger partial charge in [0.25, 0.3) is 0 Å². The van der Waals surface area contributed by atoms with Crippen LogP contribution in [0.3, 0.4) is 0 Å². The molecule has 0 N–H and O–H groups in total. The van der Waals surface area contributed by atoms with Crippen molar-refractivity contribution in [3.8, 4) is 33.4 Å². The van der Waals surface area contributed by atoms with Crippen molar-refractivity contribution in [1.82, 2.24) is 0 Å². The molecule has 4 aromatic rings. The van der Waals surface area contributed by atoms with Gasteiger partial charge in [0.1, 0.15) is 0 Å². The van der Waals surface area contributed by atoms with Crippen LogP contribution in [-0.2, 0) is 14.7 Å². The van der Waals surface area contributed by atoms with Gasteiger partial charge in [0.05, 0.1) is 11.2 Å². The average Bonchev–Trinajstić information content (AvgIpc) is 3.24. The van der Waals surface area contributed by atoms with E-state index in [1.54, 1.807) is 0 Å². The third kappa shape index (κ3) is 3.49. The summed E-state index contributed by atoms with van der Waals surface area (Å²) in [5.41, 5.74) is 10.8. The molecule has 4 aromatic carbocycles. The molecule has 6 rings (SSSR count). The van der Waals surface area contributed by atoms with Crippen LogP contribution in [-0.4, -0.2) is 18.3 Å². The zero-order chi connectivity index (χ0) is 25.3. The Kier molecular flexibility index (Phi) is 5.13. The van der Waals surface area contributed by atoms with Gasteiger partial charge in [-0.1, -0.05) is 98.8 Å². The van der Waals surface area contributed by atoms with Gasteiger partial charge < -0.3 is 9.31 Å². The van der Waals surface area contributed by atoms with E-state index >= 15 is 0 Å². The molecule has 0 aromatic heterocycles. The van der Waals surface area contributed by atoms with Crippen LogP contribution in [0.4, 0.5) is 0 Å². The van der Waals surface area contributed by atoms with E-state index in [1.807, 2.05) is 0 Å². The molecule has 1 aliphatic carbocycles. The van der Waals surface area contributed by atoms with Crippen LogP contribution in [0.2, 0.25) is 0 Å². The quantitative estimate of drug-likeness (QED) is 0.286. The van der Waals surface area contributed by atoms with E-state index in [1.165, 1.54) is 44.5 Å². The minimum atomic E-state index is -0.342. The third-order valence-corrected chi connectivity index (χ3v) is 8.55. The predicted molar refractivity (Wildman–Crippen MR) is 151 cm³/mol. The van der Waals surface area contributed by atoms with E-state index in [4.69, 9.17) is 9.31 Å². The van der Waals surface area contributed by atoms with Crippen LogP contribution in [0.5, 0.6) is 0 Å². The summed E-state index contributed by atoms with van der Waals surface area (Å²) in [6, 6.07) is 33.1. The third-order valence-electron chi connectivity index (χ3n) is 8.55. The first kappa shape index (κ1) is 23.3. The highest BCUT2D eigenvalue weighted by molar-refractivity contribution is 6.62. The van der Waals surface area contributed by atoms with Crippen molar-refractivity contribution in [2.75, 3.05) is 0 Å². The van der Waals surface area contributed by atoms with Crippen LogP contribution in [0.1, 0.15) is 52.7 Å². The van der Waals surface area contributed by atoms with Crippen molar-refractivity contribution in [3.63, 3.8) is 0 Å². The summed E-state index contributed by atoms with van der Waals surface area (Å²) in [5, 5.41) is 0. The number of rotatable bonds is 3. The Labute approximate surface area is 215 Å². The molecular formula is C33H33BO2. The second kappa shape index (κ2) is 7.93. The van der Waals surface area contributed by atoms with Crippen LogP contribution in [0.15, 0.2) is 91.0 Å². The van der Waals surface area contributed by atoms with Crippen molar-refractivity contribution in [3.05, 3.63) is 102 Å². The molecule has 2 aliphatic rings. The summed E-state index contributed by atoms with van der Waals surface area (Å²) >= 11 is 0. The fraction of sp³-hybridized carbons (Fsp3) is 0.273. The monoisotopic (exact) mass is 472 g/mol. The molecule has 1 heterocycles. The van der Waals surface area contributed by atoms with E-state index in [9.17, 15) is 0 Å². The minimum absolute atomic E-state index is 0.00287. The molecule has 0 amide bonds. The Morgan fingerprint density at radius 1 is 0.528 bits per heavy atom. The molecule has 1 aliphatic heterocycles. The van der Waals surface area contributed by atoms with Gasteiger partial charge in [0.2, 0.25) is 0 Å². The van der Waals surface area contributed by atoms with Crippen molar-refractivity contribution < 1.29 is 9.31 Å². The summed E-state index contributed by atoms with van der Waals surface area (Å²) in [4.78, 5) is 0. The van der Waals surface area contributed by atoms with Crippen LogP contribution >= 0.6 is 0 Å². The molecular weight excluding hydrogens is 439 g/mol. The number of fused-ring (bicyclic) bond motifs is 3. The highest BCUT2D eigenvalue weighted by Gasteiger charge is 2.51. The zero-order valence-electron chi connectivity index (χ0n) is 22.1. The number of hydrogen-bond acceptors (Lipinski definition) is 2. The summed E-state index contributed by atoms with van der Waals surface area (Å²) in [6.07, 6.45) is 0. The van der Waals surface area contributed by atoms with E-state index in [-0.39, 0.29) is 23.7 Å². The Morgan fingerprint density at radius 3 is 1.83 bits per heavy atom. The second-order valence-corrected chi connectivity index (χ2v) is 11.7. The molecule has 2 nitrogen and oxygen atoms in total. The van der Waals surface area contributed by atoms with E-state index in [0.29, 0.717) is 0 Å². The lowest BCUT2D eigenvalue weighted by Gasteiger charge is -2.32. The average molecular weight is 472 g/mol. The first-order valence-electron chi connectivity index (χ1n) is 12.9. The normalized spacial score (nSPS) is 18.7. The number of hydrogen-bond donors (Lipinski definition) is 0. The molecule has 180 valence electrons. The maximum Gasteiger partial charge on any atom is 0.494 e. The maximum atomic E-state index is 6.24. The molecule has 1 fully saturated rings. The van der Waals surface area contributed by atoms with Gasteiger partial charge in [0.15, 0.2) is 0 Å². The maximum absolute atomic E-state index is 6.24. The Bertz CT molecular complexity index is 1450. The molecule has 0 bridgehead atoms. The van der Waals surface area contributed by atoms with Gasteiger partial charge in [-0.3, -0.25) is 0 Å². The summed E-state index contributed by atoms with van der Waals surface area (Å²) in [5.74, 6) is 0. The van der Waals surface area contributed by atoms with Crippen molar-refractivity contribution in [1.29, 1.82) is 0 Å². The van der Waals surface area contributed by atoms with Crippen LogP contribution in [0.25, 0.3) is 33.4 Å². The van der Waals surface area contributed by atoms with Crippen molar-refractivity contribution in [2.45, 2.75) is 58.2 Å². The van der Waals surface area contributed by atoms with Gasteiger partial charge in [-0.2, -0.15) is 0 Å². The van der Waals surface area contributed by atoms with Gasteiger partial charge >= 0.3 is 7.12 Å². The highest BCUT2D eigenvalue weighted by Crippen LogP contribution is 2.52. The smallest absolute Gasteiger partial charge is 0.399 e. The van der Waals surface area contributed by atoms with Gasteiger partial charge in [-0.15, -0.1) is 0 Å². The molecule has 0 radical (unpaired) electrons. The van der Waals surface area contributed by atoms with Gasteiger partial charge in [-0.25, -0.2) is 0 Å². The van der Waals surface area contributed by atoms with Crippen LogP contribution in [0, 0.1) is 0 Å². The zero-order valence-corrected chi connectivity index (χ0v) is 22.1. The Morgan fingerprint density at radius 2 is 1.11 bits per heavy atom. The lowest BCUT2D eigenvalue weighted by atomic mass is 9.78. The van der Waals surface area contributed by atoms with Gasteiger partial charge in [-0.05, 0) is 83.7 Å². The first-order chi connectivity index (χ1) is 17.1. The molecule has 36 heavy (non-hydrogen) atoms. The molecule has 1 saturated heterocycles. The van der Waals surface area contributed by atoms with E-state index < -0.39 is 0 Å². The molecule has 3 heteroatoms. The largest absolute Gasteiger partial charge is 0.494 e. The lowest BCUT2D eigenvalue weighted by Crippen LogP contribution is -2.41. The molecule has 0 spiro atoms. The molecule has 0 unspecified atom stereocenters. The molecule has 0 atom stereocenters. The second-order valence-electron chi connectivity index (χ2n) is 11.7. The summed E-state index contributed by atoms with van der Waals surface area (Å²) in [6.45, 7) is 13.0. The van der Waals surface area contributed by atoms with Crippen molar-refractivity contribution >= 4 is 12.6 Å². The van der Waals surface area contributed by atoms with Crippen molar-refractivity contribution in [2.24, 2.45) is 0 Å². The Balaban J connectivity index is 1.36. The fourth-order valence-electron chi connectivity index (χ4n) is 5.67. The lowest BCUT2D eigenvalue weighted by molar-refractivity contribution is 0.00578. The number of benzene rings is 4. The summed E-state index contributed by atoms with van der Waals surface area (Å²) < 4.78 is 12.5. The van der Waals surface area contributed by atoms with Gasteiger partial charge in [0, 0.05) is 5.41 Å². The van der Waals surface area contributed by atoms with E-state index in [2.05, 4.69) is 133 Å². The first-order valence-corrected chi connectivity index (χ1v) is 12.9. The Hall–Kier alpha value is -3.14.